The van der Waals surface area contributed by atoms with Crippen LogP contribution >= 0.6 is 0 Å². The molecule has 0 radical (unpaired) electrons. The maximum atomic E-state index is 12.2. The van der Waals surface area contributed by atoms with E-state index in [2.05, 4.69) is 20.6 Å². The predicted octanol–water partition coefficient (Wildman–Crippen LogP) is 3.48. The minimum atomic E-state index is -0.331. The number of benzene rings is 2. The van der Waals surface area contributed by atoms with Crippen molar-refractivity contribution in [3.05, 3.63) is 72.7 Å². The zero-order valence-electron chi connectivity index (χ0n) is 13.1. The Balaban J connectivity index is 1.67. The van der Waals surface area contributed by atoms with Crippen LogP contribution in [0.2, 0.25) is 0 Å². The van der Waals surface area contributed by atoms with Gasteiger partial charge in [-0.1, -0.05) is 24.3 Å². The summed E-state index contributed by atoms with van der Waals surface area (Å²) in [6.07, 6.45) is 2.95. The van der Waals surface area contributed by atoms with Crippen molar-refractivity contribution in [3.8, 4) is 5.75 Å². The number of carbonyl (C=O) groups excluding carboxylic acids is 1. The van der Waals surface area contributed by atoms with Gasteiger partial charge in [-0.25, -0.2) is 9.97 Å². The third-order valence-corrected chi connectivity index (χ3v) is 3.26. The Morgan fingerprint density at radius 3 is 2.46 bits per heavy atom. The molecule has 1 heterocycles. The number of aromatic nitrogens is 2. The second-order valence-electron chi connectivity index (χ2n) is 4.96. The number of hydrogen-bond acceptors (Lipinski definition) is 5. The lowest BCUT2D eigenvalue weighted by molar-refractivity contribution is 0.102. The molecule has 6 nitrogen and oxygen atoms in total. The molecule has 0 saturated heterocycles. The number of nitrogens with one attached hydrogen (secondary N) is 2. The second kappa shape index (κ2) is 7.23. The van der Waals surface area contributed by atoms with E-state index in [9.17, 15) is 4.79 Å². The van der Waals surface area contributed by atoms with Gasteiger partial charge in [0.1, 0.15) is 17.3 Å². The Morgan fingerprint density at radius 2 is 1.75 bits per heavy atom. The number of methoxy groups -OCH3 is 1. The molecule has 0 unspecified atom stereocenters. The van der Waals surface area contributed by atoms with Gasteiger partial charge in [-0.2, -0.15) is 0 Å². The van der Waals surface area contributed by atoms with E-state index < -0.39 is 0 Å². The van der Waals surface area contributed by atoms with Gasteiger partial charge in [0.25, 0.3) is 5.91 Å². The molecule has 120 valence electrons. The number of carbonyl (C=O) groups is 1. The normalized spacial score (nSPS) is 10.0. The van der Waals surface area contributed by atoms with E-state index in [0.29, 0.717) is 17.3 Å². The topological polar surface area (TPSA) is 76.1 Å². The molecule has 0 spiro atoms. The summed E-state index contributed by atoms with van der Waals surface area (Å²) in [5, 5.41) is 5.87. The number of ether oxygens (including phenoxy) is 1. The zero-order chi connectivity index (χ0) is 16.8. The summed E-state index contributed by atoms with van der Waals surface area (Å²) in [5.41, 5.74) is 1.77. The Kier molecular flexibility index (Phi) is 4.67. The summed E-state index contributed by atoms with van der Waals surface area (Å²) in [4.78, 5) is 20.6. The van der Waals surface area contributed by atoms with Crippen LogP contribution in [0.25, 0.3) is 0 Å². The standard InChI is InChI=1S/C18H16N4O2/c1-24-15-9-5-8-14(10-15)22-18(23)16-11-20-17(12-19-16)21-13-6-3-2-4-7-13/h2-12H,1H3,(H,20,21)(H,22,23). The molecule has 24 heavy (non-hydrogen) atoms. The highest BCUT2D eigenvalue weighted by Gasteiger charge is 2.09. The van der Waals surface area contributed by atoms with Crippen molar-refractivity contribution in [2.45, 2.75) is 0 Å². The van der Waals surface area contributed by atoms with Crippen LogP contribution in [0.15, 0.2) is 67.0 Å². The summed E-state index contributed by atoms with van der Waals surface area (Å²) in [6, 6.07) is 16.7. The Bertz CT molecular complexity index is 820. The van der Waals surface area contributed by atoms with Crippen LogP contribution in [-0.4, -0.2) is 23.0 Å². The van der Waals surface area contributed by atoms with E-state index in [1.54, 1.807) is 31.4 Å². The molecule has 1 amide bonds. The van der Waals surface area contributed by atoms with Crippen LogP contribution in [0.1, 0.15) is 10.5 Å². The molecule has 0 atom stereocenters. The lowest BCUT2D eigenvalue weighted by Crippen LogP contribution is -2.14. The summed E-state index contributed by atoms with van der Waals surface area (Å²) in [6.45, 7) is 0. The van der Waals surface area contributed by atoms with Gasteiger partial charge in [0, 0.05) is 17.4 Å². The van der Waals surface area contributed by atoms with Gasteiger partial charge in [-0.05, 0) is 24.3 Å². The van der Waals surface area contributed by atoms with Crippen molar-refractivity contribution in [3.63, 3.8) is 0 Å². The van der Waals surface area contributed by atoms with Gasteiger partial charge in [0.15, 0.2) is 0 Å². The van der Waals surface area contributed by atoms with Crippen molar-refractivity contribution < 1.29 is 9.53 Å². The molecular formula is C18H16N4O2. The molecule has 6 heteroatoms. The highest BCUT2D eigenvalue weighted by Crippen LogP contribution is 2.17. The minimum absolute atomic E-state index is 0.233. The summed E-state index contributed by atoms with van der Waals surface area (Å²) in [5.74, 6) is 0.905. The van der Waals surface area contributed by atoms with Crippen LogP contribution < -0.4 is 15.4 Å². The summed E-state index contributed by atoms with van der Waals surface area (Å²) >= 11 is 0. The SMILES string of the molecule is COc1cccc(NC(=O)c2cnc(Nc3ccccc3)cn2)c1. The summed E-state index contributed by atoms with van der Waals surface area (Å²) in [7, 11) is 1.57. The number of anilines is 3. The Morgan fingerprint density at radius 1 is 0.958 bits per heavy atom. The molecule has 3 rings (SSSR count). The van der Waals surface area contributed by atoms with Crippen molar-refractivity contribution in [2.24, 2.45) is 0 Å². The smallest absolute Gasteiger partial charge is 0.275 e. The van der Waals surface area contributed by atoms with Crippen molar-refractivity contribution in [2.75, 3.05) is 17.7 Å². The monoisotopic (exact) mass is 320 g/mol. The average molecular weight is 320 g/mol. The molecule has 0 aliphatic carbocycles. The molecular weight excluding hydrogens is 304 g/mol. The number of para-hydroxylation sites is 1. The van der Waals surface area contributed by atoms with E-state index in [1.165, 1.54) is 12.4 Å². The third-order valence-electron chi connectivity index (χ3n) is 3.26. The number of amides is 1. The first-order chi connectivity index (χ1) is 11.7. The highest BCUT2D eigenvalue weighted by molar-refractivity contribution is 6.02. The van der Waals surface area contributed by atoms with Crippen molar-refractivity contribution in [1.29, 1.82) is 0 Å². The Labute approximate surface area is 139 Å². The van der Waals surface area contributed by atoms with Gasteiger partial charge in [0.05, 0.1) is 19.5 Å². The van der Waals surface area contributed by atoms with Crippen LogP contribution in [-0.2, 0) is 0 Å². The van der Waals surface area contributed by atoms with E-state index in [-0.39, 0.29) is 11.6 Å². The molecule has 0 fully saturated rings. The quantitative estimate of drug-likeness (QED) is 0.752. The predicted molar refractivity (Wildman–Crippen MR) is 92.7 cm³/mol. The second-order valence-corrected chi connectivity index (χ2v) is 4.96. The van der Waals surface area contributed by atoms with E-state index in [1.807, 2.05) is 30.3 Å². The maximum absolute atomic E-state index is 12.2. The molecule has 0 aliphatic heterocycles. The van der Waals surface area contributed by atoms with Crippen molar-refractivity contribution >= 4 is 23.1 Å². The molecule has 3 aromatic rings. The van der Waals surface area contributed by atoms with Crippen LogP contribution in [0.4, 0.5) is 17.2 Å². The van der Waals surface area contributed by atoms with E-state index in [0.717, 1.165) is 5.69 Å². The lowest BCUT2D eigenvalue weighted by Gasteiger charge is -2.07. The molecule has 0 aliphatic rings. The lowest BCUT2D eigenvalue weighted by atomic mass is 10.3. The maximum Gasteiger partial charge on any atom is 0.275 e. The molecule has 0 bridgehead atoms. The average Bonchev–Trinajstić information content (AvgIpc) is 2.63. The van der Waals surface area contributed by atoms with Crippen molar-refractivity contribution in [1.82, 2.24) is 9.97 Å². The van der Waals surface area contributed by atoms with E-state index in [4.69, 9.17) is 4.74 Å². The summed E-state index contributed by atoms with van der Waals surface area (Å²) < 4.78 is 5.13. The fourth-order valence-corrected chi connectivity index (χ4v) is 2.08. The fourth-order valence-electron chi connectivity index (χ4n) is 2.08. The highest BCUT2D eigenvalue weighted by atomic mass is 16.5. The largest absolute Gasteiger partial charge is 0.497 e. The first kappa shape index (κ1) is 15.5. The third kappa shape index (κ3) is 3.86. The first-order valence-corrected chi connectivity index (χ1v) is 7.34. The first-order valence-electron chi connectivity index (χ1n) is 7.34. The van der Waals surface area contributed by atoms with Gasteiger partial charge in [-0.15, -0.1) is 0 Å². The Hall–Kier alpha value is -3.41. The molecule has 2 aromatic carbocycles. The van der Waals surface area contributed by atoms with Gasteiger partial charge >= 0.3 is 0 Å². The number of rotatable bonds is 5. The fraction of sp³-hybridized carbons (Fsp3) is 0.0556. The van der Waals surface area contributed by atoms with Crippen LogP contribution in [0.5, 0.6) is 5.75 Å². The molecule has 2 N–H and O–H groups in total. The number of hydrogen-bond donors (Lipinski definition) is 2. The van der Waals surface area contributed by atoms with Gasteiger partial charge in [-0.3, -0.25) is 4.79 Å². The molecule has 0 saturated carbocycles. The number of nitrogens with zero attached hydrogens (tertiary/aromatic N) is 2. The van der Waals surface area contributed by atoms with Crippen LogP contribution in [0.3, 0.4) is 0 Å². The van der Waals surface area contributed by atoms with Crippen LogP contribution in [0, 0.1) is 0 Å². The minimum Gasteiger partial charge on any atom is -0.497 e. The van der Waals surface area contributed by atoms with Gasteiger partial charge in [0.2, 0.25) is 0 Å². The van der Waals surface area contributed by atoms with E-state index >= 15 is 0 Å². The zero-order valence-corrected chi connectivity index (χ0v) is 13.1. The van der Waals surface area contributed by atoms with Gasteiger partial charge < -0.3 is 15.4 Å². The molecule has 1 aromatic heterocycles.